The molecule has 1 amide bonds. The maximum absolute atomic E-state index is 13.4. The highest BCUT2D eigenvalue weighted by molar-refractivity contribution is 7.98. The number of aromatic amines is 1. The Bertz CT molecular complexity index is 1300. The summed E-state index contributed by atoms with van der Waals surface area (Å²) < 4.78 is 18.6. The van der Waals surface area contributed by atoms with E-state index >= 15 is 0 Å². The fourth-order valence-corrected chi connectivity index (χ4v) is 5.49. The highest BCUT2D eigenvalue weighted by atomic mass is 32.2. The number of halogens is 1. The van der Waals surface area contributed by atoms with Crippen LogP contribution in [-0.4, -0.2) is 41.0 Å². The molecule has 0 saturated carbocycles. The van der Waals surface area contributed by atoms with Crippen LogP contribution in [0, 0.1) is 5.82 Å². The topological polar surface area (TPSA) is 58.2 Å². The highest BCUT2D eigenvalue weighted by Crippen LogP contribution is 2.35. The number of nitrogens with one attached hydrogen (secondary N) is 1. The third kappa shape index (κ3) is 4.66. The van der Waals surface area contributed by atoms with Gasteiger partial charge in [0, 0.05) is 42.1 Å². The van der Waals surface area contributed by atoms with E-state index in [1.807, 2.05) is 23.1 Å². The molecule has 0 bridgehead atoms. The SMILES string of the molecule is COc1ccc2[nH]cc(C3CCN(C(=O)c4cccnc4SCc4ccc(F)cc4)CC3)c2c1. The predicted octanol–water partition coefficient (Wildman–Crippen LogP) is 6.02. The molecule has 4 aromatic rings. The van der Waals surface area contributed by atoms with E-state index in [1.165, 1.54) is 34.8 Å². The molecule has 1 aliphatic rings. The molecule has 0 radical (unpaired) electrons. The third-order valence-electron chi connectivity index (χ3n) is 6.43. The van der Waals surface area contributed by atoms with Gasteiger partial charge in [0.05, 0.1) is 12.7 Å². The minimum Gasteiger partial charge on any atom is -0.497 e. The molecular formula is C27H26FN3O2S. The molecule has 34 heavy (non-hydrogen) atoms. The smallest absolute Gasteiger partial charge is 0.256 e. The van der Waals surface area contributed by atoms with E-state index in [-0.39, 0.29) is 11.7 Å². The zero-order valence-corrected chi connectivity index (χ0v) is 19.8. The largest absolute Gasteiger partial charge is 0.497 e. The van der Waals surface area contributed by atoms with Gasteiger partial charge in [-0.15, -0.1) is 11.8 Å². The zero-order valence-electron chi connectivity index (χ0n) is 19.0. The number of methoxy groups -OCH3 is 1. The summed E-state index contributed by atoms with van der Waals surface area (Å²) >= 11 is 1.50. The van der Waals surface area contributed by atoms with Crippen LogP contribution in [0.1, 0.15) is 40.2 Å². The van der Waals surface area contributed by atoms with E-state index in [1.54, 1.807) is 31.5 Å². The number of ether oxygens (including phenoxy) is 1. The van der Waals surface area contributed by atoms with Crippen LogP contribution in [0.3, 0.4) is 0 Å². The van der Waals surface area contributed by atoms with Gasteiger partial charge in [0.25, 0.3) is 5.91 Å². The van der Waals surface area contributed by atoms with Gasteiger partial charge in [0.15, 0.2) is 0 Å². The first-order chi connectivity index (χ1) is 16.6. The molecule has 1 N–H and O–H groups in total. The van der Waals surface area contributed by atoms with Gasteiger partial charge in [-0.25, -0.2) is 9.37 Å². The molecule has 2 aromatic carbocycles. The number of hydrogen-bond acceptors (Lipinski definition) is 4. The van der Waals surface area contributed by atoms with Gasteiger partial charge in [0.2, 0.25) is 0 Å². The van der Waals surface area contributed by atoms with Crippen molar-refractivity contribution in [2.24, 2.45) is 0 Å². The predicted molar refractivity (Wildman–Crippen MR) is 133 cm³/mol. The lowest BCUT2D eigenvalue weighted by atomic mass is 9.89. The molecule has 174 valence electrons. The Labute approximate surface area is 202 Å². The minimum absolute atomic E-state index is 0.0220. The zero-order chi connectivity index (χ0) is 23.5. The number of H-pyrrole nitrogens is 1. The number of benzene rings is 2. The van der Waals surface area contributed by atoms with E-state index in [4.69, 9.17) is 4.74 Å². The van der Waals surface area contributed by atoms with Gasteiger partial charge in [-0.05, 0) is 72.4 Å². The number of pyridine rings is 1. The monoisotopic (exact) mass is 475 g/mol. The standard InChI is InChI=1S/C27H26FN3O2S/c1-33-21-8-9-25-23(15-21)24(16-30-25)19-10-13-31(14-11-19)27(32)22-3-2-12-29-26(22)34-17-18-4-6-20(28)7-5-18/h2-9,12,15-16,19,30H,10-11,13-14,17H2,1H3. The first-order valence-electron chi connectivity index (χ1n) is 11.4. The van der Waals surface area contributed by atoms with Crippen LogP contribution in [0.25, 0.3) is 10.9 Å². The molecule has 0 unspecified atom stereocenters. The first kappa shape index (κ1) is 22.5. The summed E-state index contributed by atoms with van der Waals surface area (Å²) in [6, 6.07) is 16.2. The average molecular weight is 476 g/mol. The number of carbonyl (C=O) groups excluding carboxylic acids is 1. The molecule has 1 fully saturated rings. The number of fused-ring (bicyclic) bond motifs is 1. The molecule has 3 heterocycles. The van der Waals surface area contributed by atoms with Crippen molar-refractivity contribution in [3.05, 3.63) is 89.5 Å². The first-order valence-corrected chi connectivity index (χ1v) is 12.4. The Balaban J connectivity index is 1.26. The van der Waals surface area contributed by atoms with E-state index in [0.717, 1.165) is 29.7 Å². The number of amides is 1. The van der Waals surface area contributed by atoms with Gasteiger partial charge in [-0.2, -0.15) is 0 Å². The molecule has 5 nitrogen and oxygen atoms in total. The van der Waals surface area contributed by atoms with Crippen molar-refractivity contribution in [3.63, 3.8) is 0 Å². The summed E-state index contributed by atoms with van der Waals surface area (Å²) in [5.41, 5.74) is 4.02. The van der Waals surface area contributed by atoms with Crippen molar-refractivity contribution < 1.29 is 13.9 Å². The van der Waals surface area contributed by atoms with E-state index in [0.29, 0.717) is 35.3 Å². The Kier molecular flexibility index (Phi) is 6.54. The van der Waals surface area contributed by atoms with Crippen molar-refractivity contribution in [1.29, 1.82) is 0 Å². The molecule has 2 aromatic heterocycles. The second-order valence-electron chi connectivity index (χ2n) is 8.49. The van der Waals surface area contributed by atoms with Gasteiger partial charge < -0.3 is 14.6 Å². The number of nitrogens with zero attached hydrogens (tertiary/aromatic N) is 2. The quantitative estimate of drug-likeness (QED) is 0.346. The maximum atomic E-state index is 13.4. The maximum Gasteiger partial charge on any atom is 0.256 e. The molecule has 1 aliphatic heterocycles. The fraction of sp³-hybridized carbons (Fsp3) is 0.259. The Hall–Kier alpha value is -3.32. The van der Waals surface area contributed by atoms with Gasteiger partial charge in [-0.1, -0.05) is 12.1 Å². The summed E-state index contributed by atoms with van der Waals surface area (Å²) in [6.45, 7) is 1.41. The highest BCUT2D eigenvalue weighted by Gasteiger charge is 2.27. The van der Waals surface area contributed by atoms with E-state index in [9.17, 15) is 9.18 Å². The molecule has 7 heteroatoms. The summed E-state index contributed by atoms with van der Waals surface area (Å²) in [5, 5.41) is 1.90. The van der Waals surface area contributed by atoms with Crippen molar-refractivity contribution in [1.82, 2.24) is 14.9 Å². The summed E-state index contributed by atoms with van der Waals surface area (Å²) in [6.07, 6.45) is 5.63. The number of likely N-dealkylation sites (tertiary alicyclic amines) is 1. The van der Waals surface area contributed by atoms with Crippen LogP contribution in [-0.2, 0) is 5.75 Å². The molecule has 0 spiro atoms. The number of rotatable bonds is 6. The van der Waals surface area contributed by atoms with Crippen LogP contribution in [0.4, 0.5) is 4.39 Å². The van der Waals surface area contributed by atoms with Gasteiger partial charge >= 0.3 is 0 Å². The van der Waals surface area contributed by atoms with Crippen molar-refractivity contribution in [2.45, 2.75) is 29.5 Å². The fourth-order valence-electron chi connectivity index (χ4n) is 4.55. The number of aromatic nitrogens is 2. The molecule has 1 saturated heterocycles. The molecular weight excluding hydrogens is 449 g/mol. The lowest BCUT2D eigenvalue weighted by Crippen LogP contribution is -2.38. The summed E-state index contributed by atoms with van der Waals surface area (Å²) in [5.74, 6) is 1.64. The third-order valence-corrected chi connectivity index (χ3v) is 7.51. The van der Waals surface area contributed by atoms with Crippen LogP contribution in [0.5, 0.6) is 5.75 Å². The van der Waals surface area contributed by atoms with Gasteiger partial charge in [-0.3, -0.25) is 4.79 Å². The molecule has 0 aliphatic carbocycles. The number of thioether (sulfide) groups is 1. The van der Waals surface area contributed by atoms with Crippen LogP contribution < -0.4 is 4.74 Å². The summed E-state index contributed by atoms with van der Waals surface area (Å²) in [7, 11) is 1.68. The Morgan fingerprint density at radius 1 is 1.18 bits per heavy atom. The number of carbonyl (C=O) groups is 1. The Morgan fingerprint density at radius 2 is 1.97 bits per heavy atom. The van der Waals surface area contributed by atoms with Crippen molar-refractivity contribution in [2.75, 3.05) is 20.2 Å². The van der Waals surface area contributed by atoms with Gasteiger partial charge in [0.1, 0.15) is 16.6 Å². The number of hydrogen-bond donors (Lipinski definition) is 1. The number of piperidine rings is 1. The second-order valence-corrected chi connectivity index (χ2v) is 9.46. The van der Waals surface area contributed by atoms with Crippen LogP contribution in [0.2, 0.25) is 0 Å². The van der Waals surface area contributed by atoms with E-state index in [2.05, 4.69) is 22.2 Å². The van der Waals surface area contributed by atoms with Crippen molar-refractivity contribution >= 4 is 28.6 Å². The van der Waals surface area contributed by atoms with Crippen LogP contribution >= 0.6 is 11.8 Å². The van der Waals surface area contributed by atoms with E-state index < -0.39 is 0 Å². The lowest BCUT2D eigenvalue weighted by molar-refractivity contribution is 0.0709. The average Bonchev–Trinajstić information content (AvgIpc) is 3.31. The molecule has 0 atom stereocenters. The minimum atomic E-state index is -0.252. The molecule has 5 rings (SSSR count). The Morgan fingerprint density at radius 3 is 2.74 bits per heavy atom. The summed E-state index contributed by atoms with van der Waals surface area (Å²) in [4.78, 5) is 23.1. The lowest BCUT2D eigenvalue weighted by Gasteiger charge is -2.32. The van der Waals surface area contributed by atoms with Crippen molar-refractivity contribution in [3.8, 4) is 5.75 Å². The second kappa shape index (κ2) is 9.89. The normalized spacial score (nSPS) is 14.5. The van der Waals surface area contributed by atoms with Crippen LogP contribution in [0.15, 0.2) is 72.0 Å².